The second kappa shape index (κ2) is 7.37. The van der Waals surface area contributed by atoms with Gasteiger partial charge in [0.05, 0.1) is 11.5 Å². The van der Waals surface area contributed by atoms with E-state index in [9.17, 15) is 13.2 Å². The smallest absolute Gasteiger partial charge is 0.244 e. The standard InChI is InChI=1S/C22H27N3O3S/c1-4-25-20-8-6-5-7-18(20)19-13-16(9-10-21(19)25)23-15(2)22(26)24(3)17-11-12-29(27,28)14-17/h5-10,13,15,17,23H,4,11-12,14H2,1-3H3/t15-,17+/m0/s1. The number of fused-ring (bicyclic) bond motifs is 3. The Morgan fingerprint density at radius 1 is 1.21 bits per heavy atom. The van der Waals surface area contributed by atoms with Gasteiger partial charge in [-0.25, -0.2) is 8.42 Å². The maximum absolute atomic E-state index is 12.8. The highest BCUT2D eigenvalue weighted by Crippen LogP contribution is 2.31. The molecule has 0 saturated carbocycles. The molecule has 1 N–H and O–H groups in total. The summed E-state index contributed by atoms with van der Waals surface area (Å²) in [6.07, 6.45) is 0.514. The van der Waals surface area contributed by atoms with E-state index in [-0.39, 0.29) is 23.5 Å². The number of hydrogen-bond donors (Lipinski definition) is 1. The maximum atomic E-state index is 12.8. The van der Waals surface area contributed by atoms with E-state index in [2.05, 4.69) is 41.1 Å². The number of sulfone groups is 1. The quantitative estimate of drug-likeness (QED) is 0.697. The monoisotopic (exact) mass is 413 g/mol. The molecule has 7 heteroatoms. The molecule has 1 aliphatic heterocycles. The largest absolute Gasteiger partial charge is 0.374 e. The third kappa shape index (κ3) is 3.59. The van der Waals surface area contributed by atoms with Crippen LogP contribution >= 0.6 is 0 Å². The predicted molar refractivity (Wildman–Crippen MR) is 118 cm³/mol. The molecule has 29 heavy (non-hydrogen) atoms. The van der Waals surface area contributed by atoms with Crippen LogP contribution in [-0.4, -0.2) is 54.4 Å². The number of carbonyl (C=O) groups is 1. The van der Waals surface area contributed by atoms with Crippen LogP contribution in [0.5, 0.6) is 0 Å². The molecule has 3 aromatic rings. The number of aromatic nitrogens is 1. The van der Waals surface area contributed by atoms with Crippen LogP contribution < -0.4 is 5.32 Å². The topological polar surface area (TPSA) is 71.4 Å². The van der Waals surface area contributed by atoms with Crippen molar-refractivity contribution in [1.29, 1.82) is 0 Å². The van der Waals surface area contributed by atoms with Crippen molar-refractivity contribution in [2.75, 3.05) is 23.9 Å². The van der Waals surface area contributed by atoms with Gasteiger partial charge in [-0.1, -0.05) is 18.2 Å². The molecule has 1 amide bonds. The molecule has 0 spiro atoms. The Kier molecular flexibility index (Phi) is 5.02. The lowest BCUT2D eigenvalue weighted by atomic mass is 10.1. The fraction of sp³-hybridized carbons (Fsp3) is 0.409. The van der Waals surface area contributed by atoms with Crippen molar-refractivity contribution in [2.45, 2.75) is 38.9 Å². The molecule has 1 saturated heterocycles. The molecule has 0 bridgehead atoms. The lowest BCUT2D eigenvalue weighted by Gasteiger charge is -2.27. The SMILES string of the molecule is CCn1c2ccccc2c2cc(N[C@@H](C)C(=O)N(C)[C@@H]3CCS(=O)(=O)C3)ccc21. The first-order valence-corrected chi connectivity index (χ1v) is 11.9. The van der Waals surface area contributed by atoms with Crippen LogP contribution in [-0.2, 0) is 21.2 Å². The number of benzene rings is 2. The first-order valence-electron chi connectivity index (χ1n) is 10.1. The molecule has 1 aliphatic rings. The normalized spacial score (nSPS) is 19.5. The Morgan fingerprint density at radius 3 is 2.62 bits per heavy atom. The maximum Gasteiger partial charge on any atom is 0.244 e. The second-order valence-electron chi connectivity index (χ2n) is 7.87. The third-order valence-electron chi connectivity index (χ3n) is 5.95. The Labute approximate surface area is 171 Å². The molecule has 0 unspecified atom stereocenters. The molecule has 4 rings (SSSR count). The first kappa shape index (κ1) is 19.8. The molecule has 0 aliphatic carbocycles. The predicted octanol–water partition coefficient (Wildman–Crippen LogP) is 3.26. The summed E-state index contributed by atoms with van der Waals surface area (Å²) in [5, 5.41) is 5.65. The number of likely N-dealkylation sites (N-methyl/N-ethyl adjacent to an activating group) is 1. The molecule has 1 aromatic heterocycles. The van der Waals surface area contributed by atoms with Gasteiger partial charge in [0.25, 0.3) is 0 Å². The number of anilines is 1. The zero-order chi connectivity index (χ0) is 20.8. The van der Waals surface area contributed by atoms with Crippen LogP contribution in [0.3, 0.4) is 0 Å². The van der Waals surface area contributed by atoms with Gasteiger partial charge in [0.2, 0.25) is 5.91 Å². The highest BCUT2D eigenvalue weighted by atomic mass is 32.2. The Bertz CT molecular complexity index is 1180. The van der Waals surface area contributed by atoms with Gasteiger partial charge in [0.1, 0.15) is 6.04 Å². The molecule has 2 atom stereocenters. The Balaban J connectivity index is 1.57. The number of nitrogens with one attached hydrogen (secondary N) is 1. The number of rotatable bonds is 5. The molecule has 1 fully saturated rings. The van der Waals surface area contributed by atoms with Gasteiger partial charge in [-0.15, -0.1) is 0 Å². The Hall–Kier alpha value is -2.54. The van der Waals surface area contributed by atoms with E-state index >= 15 is 0 Å². The minimum absolute atomic E-state index is 0.0600. The molecular weight excluding hydrogens is 386 g/mol. The molecule has 2 heterocycles. The summed E-state index contributed by atoms with van der Waals surface area (Å²) in [6.45, 7) is 4.85. The molecular formula is C22H27N3O3S. The van der Waals surface area contributed by atoms with Gasteiger partial charge in [0.15, 0.2) is 9.84 Å². The van der Waals surface area contributed by atoms with E-state index in [1.807, 2.05) is 25.1 Å². The lowest BCUT2D eigenvalue weighted by molar-refractivity contribution is -0.132. The average Bonchev–Trinajstić information content (AvgIpc) is 3.23. The van der Waals surface area contributed by atoms with E-state index in [0.29, 0.717) is 6.42 Å². The minimum Gasteiger partial charge on any atom is -0.374 e. The van der Waals surface area contributed by atoms with Gasteiger partial charge in [-0.05, 0) is 44.5 Å². The van der Waals surface area contributed by atoms with Crippen LogP contribution in [0.2, 0.25) is 0 Å². The van der Waals surface area contributed by atoms with Gasteiger partial charge >= 0.3 is 0 Å². The minimum atomic E-state index is -3.02. The van der Waals surface area contributed by atoms with Crippen molar-refractivity contribution >= 4 is 43.2 Å². The fourth-order valence-electron chi connectivity index (χ4n) is 4.36. The third-order valence-corrected chi connectivity index (χ3v) is 7.70. The van der Waals surface area contributed by atoms with Gasteiger partial charge in [-0.3, -0.25) is 4.79 Å². The zero-order valence-corrected chi connectivity index (χ0v) is 17.9. The zero-order valence-electron chi connectivity index (χ0n) is 17.1. The molecule has 154 valence electrons. The van der Waals surface area contributed by atoms with Crippen LogP contribution in [0.25, 0.3) is 21.8 Å². The first-order chi connectivity index (χ1) is 13.8. The summed E-state index contributed by atoms with van der Waals surface area (Å²) in [5.41, 5.74) is 3.25. The molecule has 6 nitrogen and oxygen atoms in total. The van der Waals surface area contributed by atoms with E-state index in [4.69, 9.17) is 0 Å². The van der Waals surface area contributed by atoms with Gasteiger partial charge in [0, 0.05) is 47.1 Å². The second-order valence-corrected chi connectivity index (χ2v) is 10.1. The number of para-hydroxylation sites is 1. The number of carbonyl (C=O) groups excluding carboxylic acids is 1. The van der Waals surface area contributed by atoms with E-state index in [1.54, 1.807) is 11.9 Å². The van der Waals surface area contributed by atoms with Crippen LogP contribution in [0.4, 0.5) is 5.69 Å². The van der Waals surface area contributed by atoms with Gasteiger partial charge in [-0.2, -0.15) is 0 Å². The van der Waals surface area contributed by atoms with Crippen molar-refractivity contribution in [3.8, 4) is 0 Å². The van der Waals surface area contributed by atoms with Crippen molar-refractivity contribution in [2.24, 2.45) is 0 Å². The number of hydrogen-bond acceptors (Lipinski definition) is 4. The van der Waals surface area contributed by atoms with Crippen molar-refractivity contribution in [3.05, 3.63) is 42.5 Å². The van der Waals surface area contributed by atoms with Crippen molar-refractivity contribution in [1.82, 2.24) is 9.47 Å². The van der Waals surface area contributed by atoms with Crippen LogP contribution in [0, 0.1) is 0 Å². The number of aryl methyl sites for hydroxylation is 1. The van der Waals surface area contributed by atoms with Crippen LogP contribution in [0.1, 0.15) is 20.3 Å². The number of amides is 1. The number of nitrogens with zero attached hydrogens (tertiary/aromatic N) is 2. The summed E-state index contributed by atoms with van der Waals surface area (Å²) in [7, 11) is -1.32. The van der Waals surface area contributed by atoms with E-state index < -0.39 is 15.9 Å². The van der Waals surface area contributed by atoms with E-state index in [1.165, 1.54) is 16.4 Å². The summed E-state index contributed by atoms with van der Waals surface area (Å²) in [5.74, 6) is 0.128. The summed E-state index contributed by atoms with van der Waals surface area (Å²) in [6, 6.07) is 13.8. The van der Waals surface area contributed by atoms with Crippen molar-refractivity contribution in [3.63, 3.8) is 0 Å². The summed E-state index contributed by atoms with van der Waals surface area (Å²) >= 11 is 0. The Morgan fingerprint density at radius 2 is 1.93 bits per heavy atom. The lowest BCUT2D eigenvalue weighted by Crippen LogP contribution is -2.45. The highest BCUT2D eigenvalue weighted by Gasteiger charge is 2.34. The van der Waals surface area contributed by atoms with Crippen LogP contribution in [0.15, 0.2) is 42.5 Å². The average molecular weight is 414 g/mol. The molecule has 2 aromatic carbocycles. The summed E-state index contributed by atoms with van der Waals surface area (Å²) < 4.78 is 25.8. The summed E-state index contributed by atoms with van der Waals surface area (Å²) in [4.78, 5) is 14.4. The van der Waals surface area contributed by atoms with Gasteiger partial charge < -0.3 is 14.8 Å². The highest BCUT2D eigenvalue weighted by molar-refractivity contribution is 7.91. The van der Waals surface area contributed by atoms with E-state index in [0.717, 1.165) is 17.6 Å². The van der Waals surface area contributed by atoms with Crippen molar-refractivity contribution < 1.29 is 13.2 Å². The fourth-order valence-corrected chi connectivity index (χ4v) is 6.14. The molecule has 0 radical (unpaired) electrons.